The molecule has 136 valence electrons. The third kappa shape index (κ3) is 3.79. The fourth-order valence-electron chi connectivity index (χ4n) is 3.24. The quantitative estimate of drug-likeness (QED) is 0.671. The Morgan fingerprint density at radius 3 is 2.50 bits per heavy atom. The van der Waals surface area contributed by atoms with Crippen LogP contribution in [0.3, 0.4) is 0 Å². The fourth-order valence-corrected chi connectivity index (χ4v) is 3.24. The van der Waals surface area contributed by atoms with Gasteiger partial charge in [-0.2, -0.15) is 0 Å². The Morgan fingerprint density at radius 2 is 1.81 bits per heavy atom. The normalized spacial score (nSPS) is 11.1. The average Bonchev–Trinajstić information content (AvgIpc) is 2.93. The highest BCUT2D eigenvalue weighted by molar-refractivity contribution is 5.82. The number of likely N-dealkylation sites (N-methyl/N-ethyl adjacent to an activating group) is 1. The zero-order valence-corrected chi connectivity index (χ0v) is 16.1. The SMILES string of the molecule is CCCN(C)C(=O)Cn1c(Cc2ccccc2)nc2cc(C)c(C)cc21. The largest absolute Gasteiger partial charge is 0.344 e. The van der Waals surface area contributed by atoms with Crippen molar-refractivity contribution in [2.24, 2.45) is 0 Å². The van der Waals surface area contributed by atoms with Crippen molar-refractivity contribution in [3.63, 3.8) is 0 Å². The Kier molecular flexibility index (Phi) is 5.40. The van der Waals surface area contributed by atoms with Gasteiger partial charge < -0.3 is 9.47 Å². The van der Waals surface area contributed by atoms with Crippen LogP contribution in [0.4, 0.5) is 0 Å². The smallest absolute Gasteiger partial charge is 0.242 e. The summed E-state index contributed by atoms with van der Waals surface area (Å²) >= 11 is 0. The van der Waals surface area contributed by atoms with Crippen LogP contribution in [0.5, 0.6) is 0 Å². The molecule has 0 radical (unpaired) electrons. The summed E-state index contributed by atoms with van der Waals surface area (Å²) in [6.07, 6.45) is 1.68. The Labute approximate surface area is 155 Å². The van der Waals surface area contributed by atoms with Gasteiger partial charge in [0.15, 0.2) is 0 Å². The first-order valence-electron chi connectivity index (χ1n) is 9.23. The summed E-state index contributed by atoms with van der Waals surface area (Å²) in [7, 11) is 1.87. The number of hydrogen-bond donors (Lipinski definition) is 0. The van der Waals surface area contributed by atoms with E-state index in [1.54, 1.807) is 4.90 Å². The van der Waals surface area contributed by atoms with Crippen LogP contribution in [0.25, 0.3) is 11.0 Å². The molecule has 3 rings (SSSR count). The maximum absolute atomic E-state index is 12.7. The van der Waals surface area contributed by atoms with Gasteiger partial charge in [0.1, 0.15) is 12.4 Å². The molecule has 0 bridgehead atoms. The molecular weight excluding hydrogens is 322 g/mol. The van der Waals surface area contributed by atoms with Gasteiger partial charge in [0.25, 0.3) is 0 Å². The van der Waals surface area contributed by atoms with Gasteiger partial charge in [-0.05, 0) is 49.1 Å². The third-order valence-electron chi connectivity index (χ3n) is 4.93. The third-order valence-corrected chi connectivity index (χ3v) is 4.93. The Hall–Kier alpha value is -2.62. The van der Waals surface area contributed by atoms with Crippen molar-refractivity contribution in [2.75, 3.05) is 13.6 Å². The molecule has 1 amide bonds. The first kappa shape index (κ1) is 18.2. The summed E-state index contributed by atoms with van der Waals surface area (Å²) < 4.78 is 2.09. The lowest BCUT2D eigenvalue weighted by Gasteiger charge is -2.18. The van der Waals surface area contributed by atoms with Crippen LogP contribution in [0.1, 0.15) is 35.9 Å². The van der Waals surface area contributed by atoms with Crippen molar-refractivity contribution in [3.8, 4) is 0 Å². The van der Waals surface area contributed by atoms with Crippen molar-refractivity contribution in [3.05, 3.63) is 65.0 Å². The van der Waals surface area contributed by atoms with E-state index in [1.807, 2.05) is 25.2 Å². The van der Waals surface area contributed by atoms with Crippen LogP contribution in [-0.2, 0) is 17.8 Å². The van der Waals surface area contributed by atoms with Gasteiger partial charge in [0, 0.05) is 20.0 Å². The minimum atomic E-state index is 0.124. The first-order chi connectivity index (χ1) is 12.5. The van der Waals surface area contributed by atoms with E-state index in [1.165, 1.54) is 16.7 Å². The maximum atomic E-state index is 12.7. The molecule has 3 aromatic rings. The molecule has 0 spiro atoms. The number of benzene rings is 2. The molecule has 2 aromatic carbocycles. The number of nitrogens with zero attached hydrogens (tertiary/aromatic N) is 3. The van der Waals surface area contributed by atoms with Crippen LogP contribution in [0, 0.1) is 13.8 Å². The molecule has 1 aromatic heterocycles. The lowest BCUT2D eigenvalue weighted by molar-refractivity contribution is -0.130. The molecule has 4 heteroatoms. The van der Waals surface area contributed by atoms with Crippen LogP contribution >= 0.6 is 0 Å². The Balaban J connectivity index is 2.03. The second-order valence-electron chi connectivity index (χ2n) is 7.02. The minimum absolute atomic E-state index is 0.124. The molecule has 0 fully saturated rings. The Bertz CT molecular complexity index is 912. The average molecular weight is 349 g/mol. The van der Waals surface area contributed by atoms with E-state index in [4.69, 9.17) is 4.98 Å². The first-order valence-corrected chi connectivity index (χ1v) is 9.23. The number of carbonyl (C=O) groups excluding carboxylic acids is 1. The number of hydrogen-bond acceptors (Lipinski definition) is 2. The zero-order valence-electron chi connectivity index (χ0n) is 16.1. The van der Waals surface area contributed by atoms with Crippen LogP contribution < -0.4 is 0 Å². The molecule has 4 nitrogen and oxygen atoms in total. The highest BCUT2D eigenvalue weighted by atomic mass is 16.2. The summed E-state index contributed by atoms with van der Waals surface area (Å²) in [6, 6.07) is 14.6. The molecule has 0 aliphatic rings. The van der Waals surface area contributed by atoms with Crippen molar-refractivity contribution in [1.82, 2.24) is 14.5 Å². The van der Waals surface area contributed by atoms with Crippen LogP contribution in [-0.4, -0.2) is 34.0 Å². The fraction of sp³-hybridized carbons (Fsp3) is 0.364. The van der Waals surface area contributed by atoms with E-state index in [0.29, 0.717) is 6.54 Å². The highest BCUT2D eigenvalue weighted by Gasteiger charge is 2.17. The van der Waals surface area contributed by atoms with E-state index in [0.717, 1.165) is 36.2 Å². The summed E-state index contributed by atoms with van der Waals surface area (Å²) in [6.45, 7) is 7.40. The number of rotatable bonds is 6. The van der Waals surface area contributed by atoms with E-state index in [2.05, 4.69) is 49.6 Å². The van der Waals surface area contributed by atoms with Gasteiger partial charge in [0.2, 0.25) is 5.91 Å². The predicted octanol–water partition coefficient (Wildman–Crippen LogP) is 4.11. The van der Waals surface area contributed by atoms with E-state index in [9.17, 15) is 4.79 Å². The van der Waals surface area contributed by atoms with Crippen LogP contribution in [0.2, 0.25) is 0 Å². The lowest BCUT2D eigenvalue weighted by atomic mass is 10.1. The summed E-state index contributed by atoms with van der Waals surface area (Å²) in [5.74, 6) is 1.06. The lowest BCUT2D eigenvalue weighted by Crippen LogP contribution is -2.31. The number of imidazole rings is 1. The monoisotopic (exact) mass is 349 g/mol. The molecule has 0 atom stereocenters. The van der Waals surface area contributed by atoms with Crippen molar-refractivity contribution in [2.45, 2.75) is 40.2 Å². The minimum Gasteiger partial charge on any atom is -0.344 e. The maximum Gasteiger partial charge on any atom is 0.242 e. The molecule has 0 N–H and O–H groups in total. The van der Waals surface area contributed by atoms with Crippen molar-refractivity contribution in [1.29, 1.82) is 0 Å². The molecule has 0 aliphatic carbocycles. The number of aromatic nitrogens is 2. The van der Waals surface area contributed by atoms with Gasteiger partial charge >= 0.3 is 0 Å². The predicted molar refractivity (Wildman–Crippen MR) is 106 cm³/mol. The van der Waals surface area contributed by atoms with Gasteiger partial charge in [-0.15, -0.1) is 0 Å². The Morgan fingerprint density at radius 1 is 1.12 bits per heavy atom. The standard InChI is InChI=1S/C22H27N3O/c1-5-11-24(4)22(26)15-25-20-13-17(3)16(2)12-19(20)23-21(25)14-18-9-7-6-8-10-18/h6-10,12-13H,5,11,14-15H2,1-4H3. The van der Waals surface area contributed by atoms with Crippen molar-refractivity contribution < 1.29 is 4.79 Å². The van der Waals surface area contributed by atoms with Crippen molar-refractivity contribution >= 4 is 16.9 Å². The van der Waals surface area contributed by atoms with E-state index < -0.39 is 0 Å². The molecule has 1 heterocycles. The van der Waals surface area contributed by atoms with Gasteiger partial charge in [-0.25, -0.2) is 4.98 Å². The molecule has 0 saturated heterocycles. The molecule has 0 unspecified atom stereocenters. The molecule has 0 aliphatic heterocycles. The number of carbonyl (C=O) groups is 1. The zero-order chi connectivity index (χ0) is 18.7. The topological polar surface area (TPSA) is 38.1 Å². The number of amides is 1. The highest BCUT2D eigenvalue weighted by Crippen LogP contribution is 2.22. The summed E-state index contributed by atoms with van der Waals surface area (Å²) in [5.41, 5.74) is 5.65. The van der Waals surface area contributed by atoms with E-state index in [-0.39, 0.29) is 5.91 Å². The number of fused-ring (bicyclic) bond motifs is 1. The molecule has 0 saturated carbocycles. The second-order valence-corrected chi connectivity index (χ2v) is 7.02. The van der Waals surface area contributed by atoms with Gasteiger partial charge in [-0.1, -0.05) is 37.3 Å². The second kappa shape index (κ2) is 7.73. The van der Waals surface area contributed by atoms with E-state index >= 15 is 0 Å². The summed E-state index contributed by atoms with van der Waals surface area (Å²) in [5, 5.41) is 0. The van der Waals surface area contributed by atoms with Gasteiger partial charge in [0.05, 0.1) is 11.0 Å². The molecule has 26 heavy (non-hydrogen) atoms. The number of aryl methyl sites for hydroxylation is 2. The molecular formula is C22H27N3O. The van der Waals surface area contributed by atoms with Gasteiger partial charge in [-0.3, -0.25) is 4.79 Å². The summed E-state index contributed by atoms with van der Waals surface area (Å²) in [4.78, 5) is 19.3. The van der Waals surface area contributed by atoms with Crippen LogP contribution in [0.15, 0.2) is 42.5 Å².